The summed E-state index contributed by atoms with van der Waals surface area (Å²) in [6.07, 6.45) is 2.24. The Morgan fingerprint density at radius 2 is 1.89 bits per heavy atom. The Morgan fingerprint density at radius 3 is 2.56 bits per heavy atom. The minimum Gasteiger partial charge on any atom is -0.381 e. The van der Waals surface area contributed by atoms with Gasteiger partial charge in [0.05, 0.1) is 6.54 Å². The lowest BCUT2D eigenvalue weighted by atomic mass is 10.0. The zero-order valence-corrected chi connectivity index (χ0v) is 11.4. The molecule has 2 fully saturated rings. The molecule has 2 aliphatic rings. The van der Waals surface area contributed by atoms with Gasteiger partial charge in [0.1, 0.15) is 0 Å². The molecule has 2 rings (SSSR count). The van der Waals surface area contributed by atoms with Gasteiger partial charge in [-0.1, -0.05) is 0 Å². The maximum Gasteiger partial charge on any atom is 0.236 e. The highest BCUT2D eigenvalue weighted by molar-refractivity contribution is 5.78. The Hall–Kier alpha value is -0.650. The average molecular weight is 255 g/mol. The molecular weight excluding hydrogens is 230 g/mol. The molecule has 0 unspecified atom stereocenters. The van der Waals surface area contributed by atoms with Crippen LogP contribution in [0.3, 0.4) is 0 Å². The van der Waals surface area contributed by atoms with E-state index in [0.29, 0.717) is 12.5 Å². The molecule has 104 valence electrons. The lowest BCUT2D eigenvalue weighted by molar-refractivity contribution is -0.131. The Bertz CT molecular complexity index is 259. The number of hydrogen-bond acceptors (Lipinski definition) is 4. The van der Waals surface area contributed by atoms with Crippen LogP contribution in [0.2, 0.25) is 0 Å². The smallest absolute Gasteiger partial charge is 0.236 e. The van der Waals surface area contributed by atoms with Crippen LogP contribution in [0, 0.1) is 5.92 Å². The van der Waals surface area contributed by atoms with Gasteiger partial charge in [-0.05, 0) is 32.4 Å². The highest BCUT2D eigenvalue weighted by Gasteiger charge is 2.19. The van der Waals surface area contributed by atoms with Gasteiger partial charge in [-0.15, -0.1) is 0 Å². The standard InChI is InChI=1S/C13H25N3O2/c1-15-4-6-16(7-5-15)13(17)11-14-10-12-2-8-18-9-3-12/h12,14H,2-11H2,1H3. The zero-order valence-electron chi connectivity index (χ0n) is 11.4. The summed E-state index contributed by atoms with van der Waals surface area (Å²) < 4.78 is 5.32. The molecule has 0 atom stereocenters. The first-order valence-electron chi connectivity index (χ1n) is 7.00. The molecule has 2 saturated heterocycles. The van der Waals surface area contributed by atoms with Crippen LogP contribution in [0.1, 0.15) is 12.8 Å². The third-order valence-corrected chi connectivity index (χ3v) is 3.91. The summed E-state index contributed by atoms with van der Waals surface area (Å²) >= 11 is 0. The lowest BCUT2D eigenvalue weighted by Crippen LogP contribution is -2.49. The van der Waals surface area contributed by atoms with Gasteiger partial charge in [-0.2, -0.15) is 0 Å². The number of likely N-dealkylation sites (N-methyl/N-ethyl adjacent to an activating group) is 1. The SMILES string of the molecule is CN1CCN(C(=O)CNCC2CCOCC2)CC1. The van der Waals surface area contributed by atoms with Crippen molar-refractivity contribution in [2.24, 2.45) is 5.92 Å². The van der Waals surface area contributed by atoms with E-state index in [0.717, 1.165) is 58.8 Å². The lowest BCUT2D eigenvalue weighted by Gasteiger charge is -2.32. The van der Waals surface area contributed by atoms with Crippen molar-refractivity contribution in [2.45, 2.75) is 12.8 Å². The fraction of sp³-hybridized carbons (Fsp3) is 0.923. The average Bonchev–Trinajstić information content (AvgIpc) is 2.40. The third kappa shape index (κ3) is 4.23. The molecule has 2 aliphatic heterocycles. The fourth-order valence-corrected chi connectivity index (χ4v) is 2.50. The summed E-state index contributed by atoms with van der Waals surface area (Å²) in [5.74, 6) is 0.925. The number of ether oxygens (including phenoxy) is 1. The van der Waals surface area contributed by atoms with Crippen molar-refractivity contribution in [3.8, 4) is 0 Å². The van der Waals surface area contributed by atoms with Gasteiger partial charge in [0, 0.05) is 39.4 Å². The van der Waals surface area contributed by atoms with Crippen molar-refractivity contribution in [1.29, 1.82) is 0 Å². The van der Waals surface area contributed by atoms with Crippen LogP contribution in [0.15, 0.2) is 0 Å². The molecule has 0 aromatic rings. The molecule has 0 bridgehead atoms. The van der Waals surface area contributed by atoms with Crippen LogP contribution >= 0.6 is 0 Å². The number of hydrogen-bond donors (Lipinski definition) is 1. The van der Waals surface area contributed by atoms with Gasteiger partial charge in [0.15, 0.2) is 0 Å². The van der Waals surface area contributed by atoms with Gasteiger partial charge in [0.25, 0.3) is 0 Å². The minimum absolute atomic E-state index is 0.246. The van der Waals surface area contributed by atoms with Crippen LogP contribution in [-0.2, 0) is 9.53 Å². The monoisotopic (exact) mass is 255 g/mol. The van der Waals surface area contributed by atoms with Crippen molar-refractivity contribution < 1.29 is 9.53 Å². The van der Waals surface area contributed by atoms with Gasteiger partial charge in [-0.25, -0.2) is 0 Å². The van der Waals surface area contributed by atoms with Gasteiger partial charge in [-0.3, -0.25) is 4.79 Å². The van der Waals surface area contributed by atoms with Crippen LogP contribution in [0.25, 0.3) is 0 Å². The quantitative estimate of drug-likeness (QED) is 0.754. The Kier molecular flexibility index (Phi) is 5.41. The third-order valence-electron chi connectivity index (χ3n) is 3.91. The predicted molar refractivity (Wildman–Crippen MR) is 70.5 cm³/mol. The molecule has 18 heavy (non-hydrogen) atoms. The number of nitrogens with zero attached hydrogens (tertiary/aromatic N) is 2. The molecule has 1 N–H and O–H groups in total. The number of carbonyl (C=O) groups is 1. The Balaban J connectivity index is 1.59. The summed E-state index contributed by atoms with van der Waals surface area (Å²) in [5, 5.41) is 3.30. The molecular formula is C13H25N3O2. The summed E-state index contributed by atoms with van der Waals surface area (Å²) in [4.78, 5) is 16.2. The van der Waals surface area contributed by atoms with E-state index in [-0.39, 0.29) is 5.91 Å². The maximum atomic E-state index is 12.0. The topological polar surface area (TPSA) is 44.8 Å². The van der Waals surface area contributed by atoms with E-state index in [4.69, 9.17) is 4.74 Å². The number of amides is 1. The molecule has 5 heteroatoms. The summed E-state index contributed by atoms with van der Waals surface area (Å²) in [6.45, 7) is 6.90. The van der Waals surface area contributed by atoms with E-state index in [1.54, 1.807) is 0 Å². The zero-order chi connectivity index (χ0) is 12.8. The van der Waals surface area contributed by atoms with Crippen LogP contribution < -0.4 is 5.32 Å². The van der Waals surface area contributed by atoms with Crippen molar-refractivity contribution in [1.82, 2.24) is 15.1 Å². The van der Waals surface area contributed by atoms with E-state index < -0.39 is 0 Å². The molecule has 0 aromatic heterocycles. The number of rotatable bonds is 4. The van der Waals surface area contributed by atoms with Crippen molar-refractivity contribution in [3.63, 3.8) is 0 Å². The minimum atomic E-state index is 0.246. The molecule has 0 spiro atoms. The van der Waals surface area contributed by atoms with Gasteiger partial charge < -0.3 is 19.9 Å². The summed E-state index contributed by atoms with van der Waals surface area (Å²) in [5.41, 5.74) is 0. The summed E-state index contributed by atoms with van der Waals surface area (Å²) in [6, 6.07) is 0. The largest absolute Gasteiger partial charge is 0.381 e. The Labute approximate surface area is 109 Å². The van der Waals surface area contributed by atoms with Crippen molar-refractivity contribution in [2.75, 3.05) is 59.5 Å². The maximum absolute atomic E-state index is 12.0. The first kappa shape index (κ1) is 13.8. The molecule has 0 aliphatic carbocycles. The Morgan fingerprint density at radius 1 is 1.22 bits per heavy atom. The van der Waals surface area contributed by atoms with E-state index in [1.807, 2.05) is 4.90 Å². The van der Waals surface area contributed by atoms with E-state index >= 15 is 0 Å². The first-order valence-corrected chi connectivity index (χ1v) is 7.00. The highest BCUT2D eigenvalue weighted by atomic mass is 16.5. The van der Waals surface area contributed by atoms with Crippen LogP contribution in [0.4, 0.5) is 0 Å². The fourth-order valence-electron chi connectivity index (χ4n) is 2.50. The molecule has 0 saturated carbocycles. The molecule has 2 heterocycles. The first-order chi connectivity index (χ1) is 8.75. The number of piperazine rings is 1. The normalized spacial score (nSPS) is 23.3. The highest BCUT2D eigenvalue weighted by Crippen LogP contribution is 2.13. The molecule has 0 radical (unpaired) electrons. The van der Waals surface area contributed by atoms with Gasteiger partial charge in [0.2, 0.25) is 5.91 Å². The second-order valence-corrected chi connectivity index (χ2v) is 5.37. The second kappa shape index (κ2) is 7.07. The van der Waals surface area contributed by atoms with Gasteiger partial charge >= 0.3 is 0 Å². The second-order valence-electron chi connectivity index (χ2n) is 5.37. The van der Waals surface area contributed by atoms with Crippen LogP contribution in [0.5, 0.6) is 0 Å². The van der Waals surface area contributed by atoms with Crippen molar-refractivity contribution in [3.05, 3.63) is 0 Å². The van der Waals surface area contributed by atoms with E-state index in [1.165, 1.54) is 0 Å². The number of carbonyl (C=O) groups excluding carboxylic acids is 1. The molecule has 5 nitrogen and oxygen atoms in total. The molecule has 0 aromatic carbocycles. The van der Waals surface area contributed by atoms with E-state index in [9.17, 15) is 4.79 Å². The van der Waals surface area contributed by atoms with Crippen LogP contribution in [-0.4, -0.2) is 75.2 Å². The number of nitrogens with one attached hydrogen (secondary N) is 1. The molecule has 1 amide bonds. The van der Waals surface area contributed by atoms with E-state index in [2.05, 4.69) is 17.3 Å². The summed E-state index contributed by atoms with van der Waals surface area (Å²) in [7, 11) is 2.10. The predicted octanol–water partition coefficient (Wildman–Crippen LogP) is -0.223. The van der Waals surface area contributed by atoms with Crippen molar-refractivity contribution >= 4 is 5.91 Å².